The Morgan fingerprint density at radius 3 is 3.05 bits per heavy atom. The van der Waals surface area contributed by atoms with Gasteiger partial charge in [-0.25, -0.2) is 4.98 Å². The Morgan fingerprint density at radius 1 is 1.38 bits per heavy atom. The highest BCUT2D eigenvalue weighted by Crippen LogP contribution is 2.27. The molecule has 0 radical (unpaired) electrons. The van der Waals surface area contributed by atoms with Gasteiger partial charge in [0.05, 0.1) is 10.7 Å². The average Bonchev–Trinajstić information content (AvgIpc) is 2.90. The summed E-state index contributed by atoms with van der Waals surface area (Å²) in [6.45, 7) is 9.72. The zero-order chi connectivity index (χ0) is 14.8. The molecule has 2 aliphatic heterocycles. The van der Waals surface area contributed by atoms with Crippen molar-refractivity contribution >= 4 is 17.4 Å². The van der Waals surface area contributed by atoms with Crippen LogP contribution in [0.4, 0.5) is 5.82 Å². The van der Waals surface area contributed by atoms with Crippen LogP contribution in [0, 0.1) is 0 Å². The third-order valence-electron chi connectivity index (χ3n) is 4.70. The predicted octanol–water partition coefficient (Wildman–Crippen LogP) is 2.84. The van der Waals surface area contributed by atoms with Crippen molar-refractivity contribution < 1.29 is 0 Å². The first-order valence-electron chi connectivity index (χ1n) is 8.04. The van der Waals surface area contributed by atoms with Crippen molar-refractivity contribution in [1.82, 2.24) is 14.8 Å². The fourth-order valence-electron chi connectivity index (χ4n) is 3.54. The highest BCUT2D eigenvalue weighted by Gasteiger charge is 2.34. The molecular formula is C16H25ClN4. The molecule has 2 fully saturated rings. The van der Waals surface area contributed by atoms with E-state index in [1.165, 1.54) is 25.9 Å². The van der Waals surface area contributed by atoms with Crippen molar-refractivity contribution in [3.8, 4) is 0 Å². The fourth-order valence-corrected chi connectivity index (χ4v) is 3.70. The topological polar surface area (TPSA) is 31.4 Å². The summed E-state index contributed by atoms with van der Waals surface area (Å²) in [5, 5.41) is 4.04. The van der Waals surface area contributed by atoms with Gasteiger partial charge in [-0.1, -0.05) is 11.6 Å². The lowest BCUT2D eigenvalue weighted by Gasteiger charge is -2.42. The molecular weight excluding hydrogens is 284 g/mol. The van der Waals surface area contributed by atoms with Gasteiger partial charge in [-0.05, 0) is 45.4 Å². The Labute approximate surface area is 132 Å². The van der Waals surface area contributed by atoms with Gasteiger partial charge < -0.3 is 5.32 Å². The van der Waals surface area contributed by atoms with E-state index in [0.717, 1.165) is 42.2 Å². The zero-order valence-electron chi connectivity index (χ0n) is 13.0. The molecule has 2 unspecified atom stereocenters. The first kappa shape index (κ1) is 15.1. The van der Waals surface area contributed by atoms with Gasteiger partial charge in [-0.15, -0.1) is 0 Å². The van der Waals surface area contributed by atoms with Crippen LogP contribution in [-0.2, 0) is 6.54 Å². The Kier molecular flexibility index (Phi) is 4.67. The summed E-state index contributed by atoms with van der Waals surface area (Å²) in [5.41, 5.74) is 0.994. The molecule has 116 valence electrons. The summed E-state index contributed by atoms with van der Waals surface area (Å²) < 4.78 is 0. The summed E-state index contributed by atoms with van der Waals surface area (Å²) in [6, 6.07) is 5.21. The van der Waals surface area contributed by atoms with Gasteiger partial charge in [-0.2, -0.15) is 0 Å². The predicted molar refractivity (Wildman–Crippen MR) is 87.9 cm³/mol. The largest absolute Gasteiger partial charge is 0.370 e. The van der Waals surface area contributed by atoms with Crippen LogP contribution in [0.5, 0.6) is 0 Å². The molecule has 3 rings (SSSR count). The van der Waals surface area contributed by atoms with E-state index in [-0.39, 0.29) is 0 Å². The lowest BCUT2D eigenvalue weighted by Crippen LogP contribution is -2.54. The third-order valence-corrected chi connectivity index (χ3v) is 5.04. The van der Waals surface area contributed by atoms with Crippen molar-refractivity contribution in [1.29, 1.82) is 0 Å². The van der Waals surface area contributed by atoms with Crippen LogP contribution in [0.25, 0.3) is 0 Å². The Balaban J connectivity index is 1.71. The summed E-state index contributed by atoms with van der Waals surface area (Å²) in [4.78, 5) is 9.86. The number of hydrogen-bond acceptors (Lipinski definition) is 4. The molecule has 0 bridgehead atoms. The maximum absolute atomic E-state index is 6.35. The van der Waals surface area contributed by atoms with Gasteiger partial charge >= 0.3 is 0 Å². The SMILES string of the molecule is CCNc1ccc(Cl)c(CN2CC3CCCN3CC2C)n1. The molecule has 1 aromatic heterocycles. The second kappa shape index (κ2) is 6.51. The maximum Gasteiger partial charge on any atom is 0.126 e. The molecule has 0 aromatic carbocycles. The normalized spacial score (nSPS) is 26.8. The average molecular weight is 309 g/mol. The van der Waals surface area contributed by atoms with Gasteiger partial charge in [0.15, 0.2) is 0 Å². The first-order valence-corrected chi connectivity index (χ1v) is 8.42. The Hall–Kier alpha value is -0.840. The molecule has 2 atom stereocenters. The van der Waals surface area contributed by atoms with Crippen molar-refractivity contribution in [3.05, 3.63) is 22.8 Å². The smallest absolute Gasteiger partial charge is 0.126 e. The summed E-state index contributed by atoms with van der Waals surface area (Å²) in [7, 11) is 0. The molecule has 1 aromatic rings. The van der Waals surface area contributed by atoms with Crippen LogP contribution in [0.1, 0.15) is 32.4 Å². The molecule has 0 spiro atoms. The molecule has 21 heavy (non-hydrogen) atoms. The molecule has 0 saturated carbocycles. The van der Waals surface area contributed by atoms with E-state index in [0.29, 0.717) is 6.04 Å². The lowest BCUT2D eigenvalue weighted by atomic mass is 10.1. The fraction of sp³-hybridized carbons (Fsp3) is 0.688. The molecule has 4 nitrogen and oxygen atoms in total. The number of aromatic nitrogens is 1. The summed E-state index contributed by atoms with van der Waals surface area (Å²) >= 11 is 6.35. The molecule has 2 aliphatic rings. The van der Waals surface area contributed by atoms with E-state index in [1.54, 1.807) is 0 Å². The number of anilines is 1. The van der Waals surface area contributed by atoms with E-state index >= 15 is 0 Å². The summed E-state index contributed by atoms with van der Waals surface area (Å²) in [6.07, 6.45) is 2.68. The summed E-state index contributed by atoms with van der Waals surface area (Å²) in [5.74, 6) is 0.920. The zero-order valence-corrected chi connectivity index (χ0v) is 13.7. The monoisotopic (exact) mass is 308 g/mol. The molecule has 0 aliphatic carbocycles. The van der Waals surface area contributed by atoms with Gasteiger partial charge in [-0.3, -0.25) is 9.80 Å². The Morgan fingerprint density at radius 2 is 2.24 bits per heavy atom. The Bertz CT molecular complexity index is 493. The van der Waals surface area contributed by atoms with Gasteiger partial charge in [0.25, 0.3) is 0 Å². The number of piperazine rings is 1. The van der Waals surface area contributed by atoms with Crippen molar-refractivity contribution in [2.45, 2.75) is 45.3 Å². The van der Waals surface area contributed by atoms with Crippen LogP contribution in [0.3, 0.4) is 0 Å². The minimum atomic E-state index is 0.569. The van der Waals surface area contributed by atoms with E-state index in [2.05, 4.69) is 33.9 Å². The van der Waals surface area contributed by atoms with E-state index < -0.39 is 0 Å². The van der Waals surface area contributed by atoms with E-state index in [9.17, 15) is 0 Å². The molecule has 1 N–H and O–H groups in total. The number of fused-ring (bicyclic) bond motifs is 1. The molecule has 2 saturated heterocycles. The number of nitrogens with one attached hydrogen (secondary N) is 1. The third kappa shape index (κ3) is 3.33. The number of pyridine rings is 1. The van der Waals surface area contributed by atoms with Crippen LogP contribution < -0.4 is 5.32 Å². The number of nitrogens with zero attached hydrogens (tertiary/aromatic N) is 3. The molecule has 3 heterocycles. The van der Waals surface area contributed by atoms with Crippen LogP contribution >= 0.6 is 11.6 Å². The van der Waals surface area contributed by atoms with Crippen LogP contribution in [-0.4, -0.2) is 53.0 Å². The van der Waals surface area contributed by atoms with Crippen LogP contribution in [0.15, 0.2) is 12.1 Å². The maximum atomic E-state index is 6.35. The van der Waals surface area contributed by atoms with Crippen molar-refractivity contribution in [2.24, 2.45) is 0 Å². The lowest BCUT2D eigenvalue weighted by molar-refractivity contribution is 0.0532. The van der Waals surface area contributed by atoms with Gasteiger partial charge in [0, 0.05) is 38.3 Å². The second-order valence-electron chi connectivity index (χ2n) is 6.22. The second-order valence-corrected chi connectivity index (χ2v) is 6.63. The first-order chi connectivity index (χ1) is 10.2. The van der Waals surface area contributed by atoms with Crippen LogP contribution in [0.2, 0.25) is 5.02 Å². The minimum absolute atomic E-state index is 0.569. The van der Waals surface area contributed by atoms with Crippen molar-refractivity contribution in [2.75, 3.05) is 31.5 Å². The standard InChI is InChI=1S/C16H25ClN4/c1-3-18-16-7-6-14(17)15(19-16)11-21-10-13-5-4-8-20(13)9-12(21)2/h6-7,12-13H,3-5,8-11H2,1-2H3,(H,18,19). The van der Waals surface area contributed by atoms with E-state index in [4.69, 9.17) is 11.6 Å². The molecule has 0 amide bonds. The number of hydrogen-bond donors (Lipinski definition) is 1. The quantitative estimate of drug-likeness (QED) is 0.927. The minimum Gasteiger partial charge on any atom is -0.370 e. The number of halogens is 1. The molecule has 5 heteroatoms. The number of rotatable bonds is 4. The van der Waals surface area contributed by atoms with Gasteiger partial charge in [0.1, 0.15) is 5.82 Å². The highest BCUT2D eigenvalue weighted by atomic mass is 35.5. The highest BCUT2D eigenvalue weighted by molar-refractivity contribution is 6.31. The van der Waals surface area contributed by atoms with Crippen molar-refractivity contribution in [3.63, 3.8) is 0 Å². The van der Waals surface area contributed by atoms with Gasteiger partial charge in [0.2, 0.25) is 0 Å². The van der Waals surface area contributed by atoms with E-state index in [1.807, 2.05) is 12.1 Å².